The first kappa shape index (κ1) is 29.5. The van der Waals surface area contributed by atoms with E-state index in [9.17, 15) is 14.7 Å². The first-order chi connectivity index (χ1) is 20.2. The summed E-state index contributed by atoms with van der Waals surface area (Å²) >= 11 is 6.91. The molecular weight excluding hydrogens is 552 g/mol. The minimum atomic E-state index is -0.888. The van der Waals surface area contributed by atoms with E-state index in [1.165, 1.54) is 4.90 Å². The number of aromatic hydroxyl groups is 1. The number of nitrogens with zero attached hydrogens (tertiary/aromatic N) is 1. The topological polar surface area (TPSA) is 88.1 Å². The minimum Gasteiger partial charge on any atom is -0.506 e. The van der Waals surface area contributed by atoms with Gasteiger partial charge in [-0.2, -0.15) is 0 Å². The summed E-state index contributed by atoms with van der Waals surface area (Å²) in [7, 11) is 0. The molecule has 1 heterocycles. The van der Waals surface area contributed by atoms with Crippen LogP contribution in [0, 0.1) is 5.41 Å². The number of fused-ring (bicyclic) bond motifs is 1. The highest BCUT2D eigenvalue weighted by molar-refractivity contribution is 6.31. The Kier molecular flexibility index (Phi) is 8.78. The number of Topliss-reactive ketones (excluding diaryl/α,β-unsaturated/α-hetero) is 1. The number of benzene rings is 3. The van der Waals surface area contributed by atoms with E-state index >= 15 is 0 Å². The second-order valence-corrected chi connectivity index (χ2v) is 12.0. The quantitative estimate of drug-likeness (QED) is 0.204. The molecule has 5 rings (SSSR count). The summed E-state index contributed by atoms with van der Waals surface area (Å²) in [6, 6.07) is 19.2. The lowest BCUT2D eigenvalue weighted by atomic mass is 9.73. The van der Waals surface area contributed by atoms with E-state index in [0.29, 0.717) is 64.8 Å². The number of phenolic OH excluding ortho intramolecular Hbond substituents is 1. The Balaban J connectivity index is 1.61. The second-order valence-electron chi connectivity index (χ2n) is 11.6. The number of halogens is 1. The zero-order valence-corrected chi connectivity index (χ0v) is 25.0. The van der Waals surface area contributed by atoms with Crippen LogP contribution in [0.25, 0.3) is 0 Å². The number of ketones is 1. The molecule has 220 valence electrons. The van der Waals surface area contributed by atoms with Gasteiger partial charge in [-0.15, -0.1) is 0 Å². The maximum absolute atomic E-state index is 14.1. The molecule has 7 nitrogen and oxygen atoms in total. The largest absolute Gasteiger partial charge is 0.506 e. The zero-order valence-electron chi connectivity index (χ0n) is 24.3. The molecule has 1 unspecified atom stereocenters. The van der Waals surface area contributed by atoms with E-state index in [4.69, 9.17) is 21.1 Å². The van der Waals surface area contributed by atoms with Gasteiger partial charge >= 0.3 is 6.09 Å². The highest BCUT2D eigenvalue weighted by Gasteiger charge is 2.45. The maximum atomic E-state index is 14.1. The minimum absolute atomic E-state index is 0.0383. The average Bonchev–Trinajstić information content (AvgIpc) is 3.08. The first-order valence-electron chi connectivity index (χ1n) is 14.5. The van der Waals surface area contributed by atoms with Crippen LogP contribution in [0.2, 0.25) is 5.02 Å². The van der Waals surface area contributed by atoms with Crippen molar-refractivity contribution < 1.29 is 24.2 Å². The van der Waals surface area contributed by atoms with Crippen molar-refractivity contribution in [1.29, 1.82) is 0 Å². The Hall–Kier alpha value is -3.97. The van der Waals surface area contributed by atoms with Crippen molar-refractivity contribution in [3.05, 3.63) is 94.1 Å². The van der Waals surface area contributed by atoms with Gasteiger partial charge in [-0.3, -0.25) is 9.69 Å². The van der Waals surface area contributed by atoms with Crippen LogP contribution in [-0.4, -0.2) is 30.2 Å². The Bertz CT molecular complexity index is 1500. The molecule has 0 saturated heterocycles. The number of amides is 1. The van der Waals surface area contributed by atoms with Gasteiger partial charge in [0.05, 0.1) is 24.9 Å². The van der Waals surface area contributed by atoms with E-state index in [1.54, 1.807) is 24.3 Å². The fourth-order valence-electron chi connectivity index (χ4n) is 5.66. The molecule has 0 fully saturated rings. The zero-order chi connectivity index (χ0) is 29.9. The summed E-state index contributed by atoms with van der Waals surface area (Å²) < 4.78 is 11.7. The van der Waals surface area contributed by atoms with Crippen LogP contribution in [0.1, 0.15) is 63.6 Å². The molecule has 0 saturated carbocycles. The number of unbranched alkanes of at least 4 members (excludes halogenated alkanes) is 1. The monoisotopic (exact) mass is 588 g/mol. The fraction of sp³-hybridized carbons (Fsp3) is 0.353. The van der Waals surface area contributed by atoms with E-state index in [2.05, 4.69) is 12.2 Å². The summed E-state index contributed by atoms with van der Waals surface area (Å²) in [5.74, 6) is 0.487. The van der Waals surface area contributed by atoms with Gasteiger partial charge in [0.1, 0.15) is 17.2 Å². The number of phenols is 1. The molecule has 3 aromatic rings. The third-order valence-electron chi connectivity index (χ3n) is 7.70. The first-order valence-corrected chi connectivity index (χ1v) is 14.8. The predicted octanol–water partition coefficient (Wildman–Crippen LogP) is 8.22. The van der Waals surface area contributed by atoms with Gasteiger partial charge in [-0.25, -0.2) is 4.79 Å². The van der Waals surface area contributed by atoms with Crippen LogP contribution in [0.15, 0.2) is 78.0 Å². The molecule has 2 N–H and O–H groups in total. The van der Waals surface area contributed by atoms with Gasteiger partial charge < -0.3 is 19.9 Å². The van der Waals surface area contributed by atoms with Crippen LogP contribution in [0.5, 0.6) is 11.5 Å². The summed E-state index contributed by atoms with van der Waals surface area (Å²) in [4.78, 5) is 29.4. The molecule has 1 atom stereocenters. The molecule has 0 spiro atoms. The SMILES string of the molecule is CCCCOc1ccc(C2C3=C(CC(C)(C)CC3=O)Nc3c(O)cccc3N2C(=O)OCCc2ccccc2)c(Cl)c1. The third-order valence-corrected chi connectivity index (χ3v) is 8.02. The number of hydrogen-bond acceptors (Lipinski definition) is 6. The van der Waals surface area contributed by atoms with Crippen LogP contribution >= 0.6 is 11.6 Å². The van der Waals surface area contributed by atoms with Crippen LogP contribution < -0.4 is 15.0 Å². The molecule has 1 aliphatic carbocycles. The number of rotatable bonds is 8. The number of nitrogens with one attached hydrogen (secondary N) is 1. The molecular formula is C34H37ClN2O5. The van der Waals surface area contributed by atoms with Gasteiger partial charge in [-0.1, -0.05) is 81.3 Å². The lowest BCUT2D eigenvalue weighted by Gasteiger charge is -2.37. The molecule has 3 aromatic carbocycles. The Morgan fingerprint density at radius 1 is 1.07 bits per heavy atom. The van der Waals surface area contributed by atoms with Crippen LogP contribution in [0.4, 0.5) is 16.2 Å². The van der Waals surface area contributed by atoms with Crippen molar-refractivity contribution in [2.24, 2.45) is 5.41 Å². The Morgan fingerprint density at radius 3 is 2.60 bits per heavy atom. The number of allylic oxidation sites excluding steroid dienone is 1. The molecule has 0 bridgehead atoms. The van der Waals surface area contributed by atoms with Gasteiger partial charge in [0, 0.05) is 29.1 Å². The van der Waals surface area contributed by atoms with Crippen LogP contribution in [-0.2, 0) is 16.0 Å². The average molecular weight is 589 g/mol. The van der Waals surface area contributed by atoms with Crippen molar-refractivity contribution in [2.75, 3.05) is 23.4 Å². The van der Waals surface area contributed by atoms with E-state index < -0.39 is 12.1 Å². The van der Waals surface area contributed by atoms with Crippen molar-refractivity contribution in [3.8, 4) is 11.5 Å². The Morgan fingerprint density at radius 2 is 1.86 bits per heavy atom. The molecule has 0 aromatic heterocycles. The number of carbonyl (C=O) groups is 2. The molecule has 1 amide bonds. The van der Waals surface area contributed by atoms with Gasteiger partial charge in [0.15, 0.2) is 5.78 Å². The van der Waals surface area contributed by atoms with Crippen molar-refractivity contribution in [1.82, 2.24) is 0 Å². The van der Waals surface area contributed by atoms with Crippen molar-refractivity contribution in [3.63, 3.8) is 0 Å². The number of para-hydroxylation sites is 1. The summed E-state index contributed by atoms with van der Waals surface area (Å²) in [6.07, 6.45) is 2.66. The van der Waals surface area contributed by atoms with Gasteiger partial charge in [0.25, 0.3) is 0 Å². The Labute approximate surface area is 252 Å². The summed E-state index contributed by atoms with van der Waals surface area (Å²) in [6.45, 7) is 6.87. The van der Waals surface area contributed by atoms with E-state index in [-0.39, 0.29) is 23.6 Å². The highest BCUT2D eigenvalue weighted by atomic mass is 35.5. The standard InChI is InChI=1S/C34H37ClN2O5/c1-4-5-17-41-23-14-15-24(25(35)19-23)32-30-26(20-34(2,3)21-29(30)39)36-31-27(12-9-13-28(31)38)37(32)33(40)42-18-16-22-10-7-6-8-11-22/h6-15,19,32,36,38H,4-5,16-18,20-21H2,1-3H3. The molecule has 0 radical (unpaired) electrons. The number of carbonyl (C=O) groups excluding carboxylic acids is 2. The lowest BCUT2D eigenvalue weighted by Crippen LogP contribution is -2.40. The van der Waals surface area contributed by atoms with Crippen molar-refractivity contribution in [2.45, 2.75) is 58.9 Å². The number of anilines is 2. The number of ether oxygens (including phenoxy) is 2. The van der Waals surface area contributed by atoms with Crippen LogP contribution in [0.3, 0.4) is 0 Å². The fourth-order valence-corrected chi connectivity index (χ4v) is 5.94. The second kappa shape index (κ2) is 12.5. The molecule has 42 heavy (non-hydrogen) atoms. The van der Waals surface area contributed by atoms with E-state index in [0.717, 1.165) is 18.4 Å². The van der Waals surface area contributed by atoms with Gasteiger partial charge in [-0.05, 0) is 53.6 Å². The highest BCUT2D eigenvalue weighted by Crippen LogP contribution is 2.51. The third kappa shape index (κ3) is 6.26. The molecule has 2 aliphatic rings. The lowest BCUT2D eigenvalue weighted by molar-refractivity contribution is -0.118. The van der Waals surface area contributed by atoms with E-state index in [1.807, 2.05) is 56.3 Å². The number of hydrogen-bond donors (Lipinski definition) is 2. The normalized spacial score (nSPS) is 17.6. The summed E-state index contributed by atoms with van der Waals surface area (Å²) in [5.41, 5.74) is 3.11. The summed E-state index contributed by atoms with van der Waals surface area (Å²) in [5, 5.41) is 14.7. The van der Waals surface area contributed by atoms with Gasteiger partial charge in [0.2, 0.25) is 0 Å². The predicted molar refractivity (Wildman–Crippen MR) is 165 cm³/mol. The smallest absolute Gasteiger partial charge is 0.415 e. The molecule has 8 heteroatoms. The van der Waals surface area contributed by atoms with Crippen molar-refractivity contribution >= 4 is 34.9 Å². The molecule has 1 aliphatic heterocycles. The maximum Gasteiger partial charge on any atom is 0.415 e.